The van der Waals surface area contributed by atoms with Crippen molar-refractivity contribution in [2.24, 2.45) is 0 Å². The van der Waals surface area contributed by atoms with Crippen LogP contribution >= 0.6 is 11.3 Å². The van der Waals surface area contributed by atoms with Gasteiger partial charge in [0.2, 0.25) is 0 Å². The Morgan fingerprint density at radius 3 is 2.24 bits per heavy atom. The summed E-state index contributed by atoms with van der Waals surface area (Å²) in [5.41, 5.74) is 6.47. The first kappa shape index (κ1) is 14.3. The van der Waals surface area contributed by atoms with Crippen molar-refractivity contribution in [3.63, 3.8) is 0 Å². The Balaban J connectivity index is 2.06. The average molecular weight is 295 g/mol. The Morgan fingerprint density at radius 2 is 1.62 bits per heavy atom. The zero-order valence-corrected chi connectivity index (χ0v) is 14.1. The van der Waals surface area contributed by atoms with Crippen LogP contribution in [0, 0.1) is 13.8 Å². The molecule has 0 saturated heterocycles. The largest absolute Gasteiger partial charge is 0.236 e. The molecule has 21 heavy (non-hydrogen) atoms. The third-order valence-electron chi connectivity index (χ3n) is 3.83. The van der Waals surface area contributed by atoms with E-state index >= 15 is 0 Å². The molecule has 0 aliphatic heterocycles. The van der Waals surface area contributed by atoms with Crippen LogP contribution in [0.4, 0.5) is 0 Å². The topological polar surface area (TPSA) is 12.9 Å². The molecule has 0 spiro atoms. The summed E-state index contributed by atoms with van der Waals surface area (Å²) in [5, 5.41) is 1.11. The fourth-order valence-electron chi connectivity index (χ4n) is 2.61. The van der Waals surface area contributed by atoms with Gasteiger partial charge in [0.1, 0.15) is 5.01 Å². The van der Waals surface area contributed by atoms with E-state index in [0.717, 1.165) is 10.5 Å². The molecule has 0 unspecified atom stereocenters. The quantitative estimate of drug-likeness (QED) is 0.546. The number of aromatic nitrogens is 1. The lowest BCUT2D eigenvalue weighted by molar-refractivity contribution is 0.590. The van der Waals surface area contributed by atoms with Crippen molar-refractivity contribution < 1.29 is 0 Å². The number of thiazole rings is 1. The van der Waals surface area contributed by atoms with Gasteiger partial charge in [0.15, 0.2) is 0 Å². The molecule has 0 atom stereocenters. The fraction of sp³-hybridized carbons (Fsp3) is 0.316. The summed E-state index contributed by atoms with van der Waals surface area (Å²) < 4.78 is 1.28. The van der Waals surface area contributed by atoms with Gasteiger partial charge in [0, 0.05) is 5.56 Å². The third kappa shape index (κ3) is 2.73. The molecule has 0 amide bonds. The minimum atomic E-state index is 0.194. The van der Waals surface area contributed by atoms with Crippen LogP contribution in [0.15, 0.2) is 36.4 Å². The summed E-state index contributed by atoms with van der Waals surface area (Å²) in [7, 11) is 0. The van der Waals surface area contributed by atoms with Gasteiger partial charge in [-0.1, -0.05) is 51.1 Å². The van der Waals surface area contributed by atoms with E-state index in [2.05, 4.69) is 71.0 Å². The van der Waals surface area contributed by atoms with Crippen molar-refractivity contribution in [2.45, 2.75) is 40.0 Å². The van der Waals surface area contributed by atoms with E-state index < -0.39 is 0 Å². The van der Waals surface area contributed by atoms with Gasteiger partial charge in [-0.2, -0.15) is 0 Å². The Morgan fingerprint density at radius 1 is 0.952 bits per heavy atom. The van der Waals surface area contributed by atoms with Crippen LogP contribution in [0.2, 0.25) is 0 Å². The summed E-state index contributed by atoms with van der Waals surface area (Å²) in [6.07, 6.45) is 0. The SMILES string of the molecule is Cc1cc(C)c2nc(-c3ccc(C(C)(C)C)cc3)sc2c1. The number of hydrogen-bond donors (Lipinski definition) is 0. The monoisotopic (exact) mass is 295 g/mol. The maximum absolute atomic E-state index is 4.83. The molecule has 0 fully saturated rings. The summed E-state index contributed by atoms with van der Waals surface area (Å²) >= 11 is 1.78. The number of benzene rings is 2. The molecule has 3 aromatic rings. The van der Waals surface area contributed by atoms with Gasteiger partial charge in [-0.05, 0) is 42.0 Å². The minimum Gasteiger partial charge on any atom is -0.236 e. The number of aryl methyl sites for hydroxylation is 2. The Bertz CT molecular complexity index is 789. The predicted molar refractivity (Wildman–Crippen MR) is 93.2 cm³/mol. The van der Waals surface area contributed by atoms with Crippen LogP contribution in [-0.2, 0) is 5.41 Å². The van der Waals surface area contributed by atoms with E-state index in [9.17, 15) is 0 Å². The Hall–Kier alpha value is -1.67. The average Bonchev–Trinajstić information content (AvgIpc) is 2.82. The van der Waals surface area contributed by atoms with E-state index in [1.165, 1.54) is 27.0 Å². The van der Waals surface area contributed by atoms with Crippen molar-refractivity contribution in [3.8, 4) is 10.6 Å². The van der Waals surface area contributed by atoms with Crippen LogP contribution in [0.25, 0.3) is 20.8 Å². The molecule has 2 heteroatoms. The van der Waals surface area contributed by atoms with Crippen molar-refractivity contribution in [3.05, 3.63) is 53.1 Å². The maximum Gasteiger partial charge on any atom is 0.124 e. The normalized spacial score (nSPS) is 12.0. The number of nitrogens with zero attached hydrogens (tertiary/aromatic N) is 1. The molecule has 1 heterocycles. The van der Waals surface area contributed by atoms with Gasteiger partial charge in [-0.25, -0.2) is 4.98 Å². The van der Waals surface area contributed by atoms with E-state index in [-0.39, 0.29) is 5.41 Å². The lowest BCUT2D eigenvalue weighted by Gasteiger charge is -2.18. The molecule has 3 rings (SSSR count). The molecular formula is C19H21NS. The van der Waals surface area contributed by atoms with Crippen molar-refractivity contribution in [2.75, 3.05) is 0 Å². The highest BCUT2D eigenvalue weighted by Gasteiger charge is 2.14. The summed E-state index contributed by atoms with van der Waals surface area (Å²) in [6, 6.07) is 13.3. The van der Waals surface area contributed by atoms with Gasteiger partial charge in [0.25, 0.3) is 0 Å². The molecule has 0 radical (unpaired) electrons. The van der Waals surface area contributed by atoms with Crippen LogP contribution < -0.4 is 0 Å². The third-order valence-corrected chi connectivity index (χ3v) is 4.88. The summed E-state index contributed by atoms with van der Waals surface area (Å²) in [6.45, 7) is 11.0. The smallest absolute Gasteiger partial charge is 0.124 e. The molecule has 0 aliphatic carbocycles. The lowest BCUT2D eigenvalue weighted by atomic mass is 9.87. The first-order valence-corrected chi connectivity index (χ1v) is 8.15. The second kappa shape index (κ2) is 4.96. The van der Waals surface area contributed by atoms with Crippen LogP contribution in [-0.4, -0.2) is 4.98 Å². The van der Waals surface area contributed by atoms with Gasteiger partial charge in [-0.15, -0.1) is 11.3 Å². The zero-order chi connectivity index (χ0) is 15.2. The maximum atomic E-state index is 4.83. The van der Waals surface area contributed by atoms with Crippen LogP contribution in [0.5, 0.6) is 0 Å². The highest BCUT2D eigenvalue weighted by atomic mass is 32.1. The zero-order valence-electron chi connectivity index (χ0n) is 13.3. The van der Waals surface area contributed by atoms with E-state index in [0.29, 0.717) is 0 Å². The van der Waals surface area contributed by atoms with Crippen molar-refractivity contribution >= 4 is 21.6 Å². The number of fused-ring (bicyclic) bond motifs is 1. The predicted octanol–water partition coefficient (Wildman–Crippen LogP) is 5.88. The minimum absolute atomic E-state index is 0.194. The van der Waals surface area contributed by atoms with Crippen molar-refractivity contribution in [1.29, 1.82) is 0 Å². The molecular weight excluding hydrogens is 274 g/mol. The first-order chi connectivity index (χ1) is 9.84. The van der Waals surface area contributed by atoms with E-state index in [1.54, 1.807) is 11.3 Å². The second-order valence-corrected chi connectivity index (χ2v) is 7.81. The molecule has 0 N–H and O–H groups in total. The lowest BCUT2D eigenvalue weighted by Crippen LogP contribution is -2.10. The summed E-state index contributed by atoms with van der Waals surface area (Å²) in [4.78, 5) is 4.83. The van der Waals surface area contributed by atoms with E-state index in [4.69, 9.17) is 4.98 Å². The van der Waals surface area contributed by atoms with Gasteiger partial charge >= 0.3 is 0 Å². The van der Waals surface area contributed by atoms with Gasteiger partial charge in [0.05, 0.1) is 10.2 Å². The second-order valence-electron chi connectivity index (χ2n) is 6.77. The molecule has 108 valence electrons. The van der Waals surface area contributed by atoms with Crippen LogP contribution in [0.1, 0.15) is 37.5 Å². The molecule has 0 saturated carbocycles. The Kier molecular flexibility index (Phi) is 3.37. The fourth-order valence-corrected chi connectivity index (χ4v) is 3.75. The van der Waals surface area contributed by atoms with Gasteiger partial charge in [-0.3, -0.25) is 0 Å². The molecule has 0 aliphatic rings. The van der Waals surface area contributed by atoms with E-state index in [1.807, 2.05) is 0 Å². The Labute approximate surface area is 130 Å². The molecule has 1 nitrogen and oxygen atoms in total. The number of hydrogen-bond acceptors (Lipinski definition) is 2. The van der Waals surface area contributed by atoms with Gasteiger partial charge < -0.3 is 0 Å². The number of rotatable bonds is 1. The molecule has 0 bridgehead atoms. The van der Waals surface area contributed by atoms with Crippen LogP contribution in [0.3, 0.4) is 0 Å². The first-order valence-electron chi connectivity index (χ1n) is 7.33. The highest BCUT2D eigenvalue weighted by Crippen LogP contribution is 2.33. The van der Waals surface area contributed by atoms with Crippen molar-refractivity contribution in [1.82, 2.24) is 4.98 Å². The molecule has 1 aromatic heterocycles. The summed E-state index contributed by atoms with van der Waals surface area (Å²) in [5.74, 6) is 0. The highest BCUT2D eigenvalue weighted by molar-refractivity contribution is 7.21. The standard InChI is InChI=1S/C19H21NS/c1-12-10-13(2)17-16(11-12)21-18(20-17)14-6-8-15(9-7-14)19(3,4)5/h6-11H,1-5H3. The molecule has 2 aromatic carbocycles.